The molecule has 0 radical (unpaired) electrons. The number of nitro benzene ring substituents is 1. The Balaban J connectivity index is 2.06. The molecule has 0 aromatic heterocycles. The number of non-ortho nitro benzene ring substituents is 1. The first kappa shape index (κ1) is 18.3. The average molecular weight is 357 g/mol. The summed E-state index contributed by atoms with van der Waals surface area (Å²) in [6, 6.07) is 2.66. The van der Waals surface area contributed by atoms with Crippen molar-refractivity contribution in [2.45, 2.75) is 45.8 Å². The van der Waals surface area contributed by atoms with E-state index in [0.29, 0.717) is 30.8 Å². The van der Waals surface area contributed by atoms with Gasteiger partial charge in [-0.15, -0.1) is 0 Å². The number of hydrogen-bond donors (Lipinski definition) is 0. The lowest BCUT2D eigenvalue weighted by atomic mass is 10.2. The topological polar surface area (TPSA) is 81.9 Å². The van der Waals surface area contributed by atoms with Gasteiger partial charge in [-0.3, -0.25) is 10.1 Å². The molecule has 0 aliphatic carbocycles. The second kappa shape index (κ2) is 6.84. The Hall–Kier alpha value is -2.02. The van der Waals surface area contributed by atoms with Gasteiger partial charge in [0.25, 0.3) is 5.69 Å². The van der Waals surface area contributed by atoms with Crippen molar-refractivity contribution in [1.29, 1.82) is 0 Å². The highest BCUT2D eigenvalue weighted by atomic mass is 35.5. The normalized spacial score (nSPS) is 17.7. The number of halogens is 1. The van der Waals surface area contributed by atoms with Crippen molar-refractivity contribution in [1.82, 2.24) is 4.90 Å². The lowest BCUT2D eigenvalue weighted by Crippen LogP contribution is -2.36. The lowest BCUT2D eigenvalue weighted by molar-refractivity contribution is -0.384. The summed E-state index contributed by atoms with van der Waals surface area (Å²) in [6.07, 6.45) is -0.0180. The fraction of sp³-hybridized carbons (Fsp3) is 0.562. The van der Waals surface area contributed by atoms with Crippen LogP contribution in [0.5, 0.6) is 5.75 Å². The number of carbonyl (C=O) groups is 1. The second-order valence-electron chi connectivity index (χ2n) is 6.76. The smallest absolute Gasteiger partial charge is 0.410 e. The lowest BCUT2D eigenvalue weighted by Gasteiger charge is -2.24. The molecule has 24 heavy (non-hydrogen) atoms. The van der Waals surface area contributed by atoms with Crippen molar-refractivity contribution in [3.8, 4) is 5.75 Å². The van der Waals surface area contributed by atoms with E-state index in [9.17, 15) is 14.9 Å². The van der Waals surface area contributed by atoms with E-state index in [1.165, 1.54) is 12.1 Å². The van der Waals surface area contributed by atoms with E-state index >= 15 is 0 Å². The first-order valence-electron chi connectivity index (χ1n) is 7.66. The molecule has 0 spiro atoms. The molecule has 1 atom stereocenters. The van der Waals surface area contributed by atoms with Crippen molar-refractivity contribution >= 4 is 23.4 Å². The zero-order valence-corrected chi connectivity index (χ0v) is 14.9. The minimum Gasteiger partial charge on any atom is -0.488 e. The van der Waals surface area contributed by atoms with E-state index < -0.39 is 10.5 Å². The van der Waals surface area contributed by atoms with Crippen LogP contribution in [0.4, 0.5) is 10.5 Å². The Kier molecular flexibility index (Phi) is 5.22. The summed E-state index contributed by atoms with van der Waals surface area (Å²) >= 11 is 6.03. The standard InChI is InChI=1S/C16H21ClN2O5/c1-10-13(17)7-11(19(21)22)8-14(10)23-12-5-6-18(9-12)15(20)24-16(2,3)4/h7-8,12H,5-6,9H2,1-4H3. The molecule has 1 fully saturated rings. The fourth-order valence-electron chi connectivity index (χ4n) is 2.36. The van der Waals surface area contributed by atoms with Crippen molar-refractivity contribution in [3.63, 3.8) is 0 Å². The Labute approximate surface area is 145 Å². The molecule has 1 heterocycles. The highest BCUT2D eigenvalue weighted by molar-refractivity contribution is 6.31. The number of likely N-dealkylation sites (tertiary alicyclic amines) is 1. The zero-order chi connectivity index (χ0) is 18.1. The highest BCUT2D eigenvalue weighted by Gasteiger charge is 2.31. The summed E-state index contributed by atoms with van der Waals surface area (Å²) in [5.74, 6) is 0.366. The third-order valence-corrected chi connectivity index (χ3v) is 3.98. The first-order valence-corrected chi connectivity index (χ1v) is 8.04. The minimum atomic E-state index is -0.555. The first-order chi connectivity index (χ1) is 11.1. The molecular weight excluding hydrogens is 336 g/mol. The Bertz CT molecular complexity index is 657. The average Bonchev–Trinajstić information content (AvgIpc) is 2.90. The molecule has 1 unspecified atom stereocenters. The van der Waals surface area contributed by atoms with Gasteiger partial charge in [0, 0.05) is 24.6 Å². The molecule has 132 valence electrons. The van der Waals surface area contributed by atoms with Gasteiger partial charge in [0.2, 0.25) is 0 Å². The number of rotatable bonds is 3. The zero-order valence-electron chi connectivity index (χ0n) is 14.2. The highest BCUT2D eigenvalue weighted by Crippen LogP contribution is 2.33. The number of ether oxygens (including phenoxy) is 2. The molecule has 7 nitrogen and oxygen atoms in total. The van der Waals surface area contributed by atoms with Crippen LogP contribution in [0.3, 0.4) is 0 Å². The van der Waals surface area contributed by atoms with Crippen molar-refractivity contribution in [3.05, 3.63) is 32.8 Å². The molecule has 1 aliphatic rings. The molecule has 0 N–H and O–H groups in total. The summed E-state index contributed by atoms with van der Waals surface area (Å²) in [7, 11) is 0. The van der Waals surface area contributed by atoms with E-state index in [-0.39, 0.29) is 22.9 Å². The van der Waals surface area contributed by atoms with Gasteiger partial charge in [0.05, 0.1) is 22.6 Å². The number of carbonyl (C=O) groups excluding carboxylic acids is 1. The third kappa shape index (κ3) is 4.50. The largest absolute Gasteiger partial charge is 0.488 e. The van der Waals surface area contributed by atoms with Crippen molar-refractivity contribution < 1.29 is 19.2 Å². The van der Waals surface area contributed by atoms with E-state index in [1.54, 1.807) is 11.8 Å². The molecule has 1 saturated heterocycles. The van der Waals surface area contributed by atoms with E-state index in [0.717, 1.165) is 0 Å². The second-order valence-corrected chi connectivity index (χ2v) is 7.17. The number of amides is 1. The molecule has 1 aromatic carbocycles. The Morgan fingerprint density at radius 2 is 2.08 bits per heavy atom. The maximum atomic E-state index is 12.1. The van der Waals surface area contributed by atoms with Crippen LogP contribution < -0.4 is 4.74 Å². The quantitative estimate of drug-likeness (QED) is 0.605. The van der Waals surface area contributed by atoms with Gasteiger partial charge in [0.1, 0.15) is 17.5 Å². The van der Waals surface area contributed by atoms with Crippen molar-refractivity contribution in [2.75, 3.05) is 13.1 Å². The van der Waals surface area contributed by atoms with E-state index in [1.807, 2.05) is 20.8 Å². The van der Waals surface area contributed by atoms with Crippen LogP contribution >= 0.6 is 11.6 Å². The van der Waals surface area contributed by atoms with Crippen LogP contribution in [0.25, 0.3) is 0 Å². The molecule has 0 bridgehead atoms. The predicted molar refractivity (Wildman–Crippen MR) is 89.7 cm³/mol. The number of nitrogens with zero attached hydrogens (tertiary/aromatic N) is 2. The number of hydrogen-bond acceptors (Lipinski definition) is 5. The van der Waals surface area contributed by atoms with Gasteiger partial charge in [-0.05, 0) is 27.7 Å². The van der Waals surface area contributed by atoms with Crippen LogP contribution in [0.1, 0.15) is 32.8 Å². The molecule has 1 aromatic rings. The van der Waals surface area contributed by atoms with E-state index in [4.69, 9.17) is 21.1 Å². The predicted octanol–water partition coefficient (Wildman–Crippen LogP) is 3.94. The minimum absolute atomic E-state index is 0.123. The fourth-order valence-corrected chi connectivity index (χ4v) is 2.57. The number of benzene rings is 1. The molecule has 1 amide bonds. The number of nitro groups is 1. The van der Waals surface area contributed by atoms with Crippen LogP contribution in [0.15, 0.2) is 12.1 Å². The van der Waals surface area contributed by atoms with Crippen LogP contribution in [0.2, 0.25) is 5.02 Å². The van der Waals surface area contributed by atoms with Gasteiger partial charge in [-0.25, -0.2) is 4.79 Å². The monoisotopic (exact) mass is 356 g/mol. The summed E-state index contributed by atoms with van der Waals surface area (Å²) in [4.78, 5) is 24.1. The third-order valence-electron chi connectivity index (χ3n) is 3.58. The van der Waals surface area contributed by atoms with Gasteiger partial charge in [-0.2, -0.15) is 0 Å². The van der Waals surface area contributed by atoms with Gasteiger partial charge in [-0.1, -0.05) is 11.6 Å². The van der Waals surface area contributed by atoms with Gasteiger partial charge in [0.15, 0.2) is 0 Å². The maximum Gasteiger partial charge on any atom is 0.410 e. The summed E-state index contributed by atoms with van der Waals surface area (Å²) in [5.41, 5.74) is -0.0409. The van der Waals surface area contributed by atoms with Crippen LogP contribution in [-0.4, -0.2) is 40.7 Å². The Morgan fingerprint density at radius 1 is 1.42 bits per heavy atom. The van der Waals surface area contributed by atoms with Crippen LogP contribution in [0, 0.1) is 17.0 Å². The van der Waals surface area contributed by atoms with Gasteiger partial charge >= 0.3 is 6.09 Å². The summed E-state index contributed by atoms with van der Waals surface area (Å²) in [6.45, 7) is 8.05. The SMILES string of the molecule is Cc1c(Cl)cc([N+](=O)[O-])cc1OC1CCN(C(=O)OC(C)(C)C)C1. The Morgan fingerprint density at radius 3 is 2.67 bits per heavy atom. The van der Waals surface area contributed by atoms with Crippen LogP contribution in [-0.2, 0) is 4.74 Å². The summed E-state index contributed by atoms with van der Waals surface area (Å²) < 4.78 is 11.2. The molecule has 1 aliphatic heterocycles. The maximum absolute atomic E-state index is 12.1. The van der Waals surface area contributed by atoms with E-state index in [2.05, 4.69) is 0 Å². The van der Waals surface area contributed by atoms with Crippen molar-refractivity contribution in [2.24, 2.45) is 0 Å². The molecule has 8 heteroatoms. The molecular formula is C16H21ClN2O5. The molecule has 0 saturated carbocycles. The molecule has 2 rings (SSSR count). The summed E-state index contributed by atoms with van der Waals surface area (Å²) in [5, 5.41) is 11.2. The van der Waals surface area contributed by atoms with Gasteiger partial charge < -0.3 is 14.4 Å².